The molecule has 0 aliphatic carbocycles. The molecular weight excluding hydrogens is 319 g/mol. The zero-order chi connectivity index (χ0) is 17.7. The third-order valence-corrected chi connectivity index (χ3v) is 4.68. The van der Waals surface area contributed by atoms with Gasteiger partial charge >= 0.3 is 12.1 Å². The first-order valence-electron chi connectivity index (χ1n) is 8.50. The van der Waals surface area contributed by atoms with Crippen LogP contribution in [0.5, 0.6) is 0 Å². The minimum atomic E-state index is -4.35. The Morgan fingerprint density at radius 1 is 1.29 bits per heavy atom. The van der Waals surface area contributed by atoms with E-state index in [0.29, 0.717) is 13.0 Å². The number of likely N-dealkylation sites (tertiary alicyclic amines) is 1. The summed E-state index contributed by atoms with van der Waals surface area (Å²) in [6, 6.07) is 4.48. The first-order chi connectivity index (χ1) is 11.3. The molecule has 1 heterocycles. The first-order valence-corrected chi connectivity index (χ1v) is 8.50. The molecule has 1 aromatic rings. The highest BCUT2D eigenvalue weighted by Crippen LogP contribution is 2.35. The van der Waals surface area contributed by atoms with Crippen LogP contribution in [-0.4, -0.2) is 28.6 Å². The van der Waals surface area contributed by atoms with Crippen molar-refractivity contribution >= 4 is 5.97 Å². The van der Waals surface area contributed by atoms with Crippen LogP contribution in [0.15, 0.2) is 24.3 Å². The third kappa shape index (κ3) is 4.50. The van der Waals surface area contributed by atoms with Crippen LogP contribution < -0.4 is 0 Å². The fraction of sp³-hybridized carbons (Fsp3) is 0.611. The molecule has 1 aliphatic heterocycles. The number of unbranched alkanes of at least 4 members (excludes halogenated alkanes) is 1. The second-order valence-corrected chi connectivity index (χ2v) is 6.37. The molecule has 1 aromatic carbocycles. The lowest BCUT2D eigenvalue weighted by molar-refractivity contribution is -0.146. The fourth-order valence-corrected chi connectivity index (χ4v) is 3.41. The van der Waals surface area contributed by atoms with Gasteiger partial charge in [0.05, 0.1) is 5.56 Å². The minimum absolute atomic E-state index is 0.145. The SMILES string of the molecule is CCCCC(c1ccc(C(F)(F)F)cc1)N1CCCCC1C(=O)O. The van der Waals surface area contributed by atoms with Crippen molar-refractivity contribution in [1.82, 2.24) is 4.90 Å². The third-order valence-electron chi connectivity index (χ3n) is 4.68. The number of carboxylic acid groups (broad SMARTS) is 1. The smallest absolute Gasteiger partial charge is 0.416 e. The van der Waals surface area contributed by atoms with E-state index >= 15 is 0 Å². The van der Waals surface area contributed by atoms with Crippen LogP contribution >= 0.6 is 0 Å². The molecule has 0 radical (unpaired) electrons. The van der Waals surface area contributed by atoms with Crippen molar-refractivity contribution in [2.24, 2.45) is 0 Å². The lowest BCUT2D eigenvalue weighted by Gasteiger charge is -2.39. The van der Waals surface area contributed by atoms with Crippen LogP contribution in [0.25, 0.3) is 0 Å². The lowest BCUT2D eigenvalue weighted by Crippen LogP contribution is -2.46. The second-order valence-electron chi connectivity index (χ2n) is 6.37. The molecule has 0 bridgehead atoms. The Labute approximate surface area is 140 Å². The molecule has 1 saturated heterocycles. The van der Waals surface area contributed by atoms with Crippen molar-refractivity contribution in [2.75, 3.05) is 6.54 Å². The summed E-state index contributed by atoms with van der Waals surface area (Å²) in [7, 11) is 0. The van der Waals surface area contributed by atoms with Gasteiger partial charge in [-0.1, -0.05) is 38.3 Å². The summed E-state index contributed by atoms with van der Waals surface area (Å²) < 4.78 is 38.3. The maximum absolute atomic E-state index is 12.8. The fourth-order valence-electron chi connectivity index (χ4n) is 3.41. The van der Waals surface area contributed by atoms with Crippen LogP contribution in [0.4, 0.5) is 13.2 Å². The van der Waals surface area contributed by atoms with E-state index in [1.165, 1.54) is 12.1 Å². The van der Waals surface area contributed by atoms with Gasteiger partial charge in [0.25, 0.3) is 0 Å². The average Bonchev–Trinajstić information content (AvgIpc) is 2.55. The van der Waals surface area contributed by atoms with Gasteiger partial charge in [-0.2, -0.15) is 13.2 Å². The Morgan fingerprint density at radius 3 is 2.50 bits per heavy atom. The number of halogens is 3. The molecule has 0 saturated carbocycles. The standard InChI is InChI=1S/C18H24F3NO2/c1-2-3-6-15(22-12-5-4-7-16(22)17(23)24)13-8-10-14(11-9-13)18(19,20)21/h8-11,15-16H,2-7,12H2,1H3,(H,23,24). The van der Waals surface area contributed by atoms with Gasteiger partial charge < -0.3 is 5.11 Å². The van der Waals surface area contributed by atoms with Gasteiger partial charge in [-0.05, 0) is 43.5 Å². The van der Waals surface area contributed by atoms with Crippen molar-refractivity contribution in [3.05, 3.63) is 35.4 Å². The number of benzene rings is 1. The van der Waals surface area contributed by atoms with Crippen molar-refractivity contribution in [3.63, 3.8) is 0 Å². The molecule has 0 spiro atoms. The Balaban J connectivity index is 2.28. The number of aliphatic carboxylic acids is 1. The molecule has 2 rings (SSSR count). The molecule has 24 heavy (non-hydrogen) atoms. The Hall–Kier alpha value is -1.56. The highest BCUT2D eigenvalue weighted by atomic mass is 19.4. The van der Waals surface area contributed by atoms with Crippen molar-refractivity contribution in [3.8, 4) is 0 Å². The summed E-state index contributed by atoms with van der Waals surface area (Å²) >= 11 is 0. The molecule has 2 atom stereocenters. The lowest BCUT2D eigenvalue weighted by atomic mass is 9.92. The number of hydrogen-bond acceptors (Lipinski definition) is 2. The molecule has 134 valence electrons. The molecule has 2 unspecified atom stereocenters. The number of piperidine rings is 1. The number of carboxylic acids is 1. The summed E-state index contributed by atoms with van der Waals surface area (Å²) in [6.45, 7) is 2.72. The van der Waals surface area contributed by atoms with E-state index in [1.807, 2.05) is 4.90 Å². The van der Waals surface area contributed by atoms with Crippen LogP contribution in [-0.2, 0) is 11.0 Å². The summed E-state index contributed by atoms with van der Waals surface area (Å²) in [5.41, 5.74) is 0.0959. The Kier molecular flexibility index (Phi) is 6.27. The zero-order valence-corrected chi connectivity index (χ0v) is 13.9. The summed E-state index contributed by atoms with van der Waals surface area (Å²) in [4.78, 5) is 13.5. The predicted octanol–water partition coefficient (Wildman–Crippen LogP) is 4.88. The van der Waals surface area contributed by atoms with Gasteiger partial charge in [-0.3, -0.25) is 9.69 Å². The van der Waals surface area contributed by atoms with E-state index in [2.05, 4.69) is 6.92 Å². The summed E-state index contributed by atoms with van der Waals surface area (Å²) in [6.07, 6.45) is 0.668. The quantitative estimate of drug-likeness (QED) is 0.800. The van der Waals surface area contributed by atoms with Crippen molar-refractivity contribution in [2.45, 2.75) is 63.7 Å². The van der Waals surface area contributed by atoms with Crippen LogP contribution in [0.3, 0.4) is 0 Å². The second kappa shape index (κ2) is 8.01. The number of rotatable bonds is 6. The van der Waals surface area contributed by atoms with E-state index < -0.39 is 23.8 Å². The molecular formula is C18H24F3NO2. The van der Waals surface area contributed by atoms with Crippen molar-refractivity contribution < 1.29 is 23.1 Å². The van der Waals surface area contributed by atoms with Gasteiger partial charge in [-0.25, -0.2) is 0 Å². The normalized spacial score (nSPS) is 20.8. The van der Waals surface area contributed by atoms with Crippen LogP contribution in [0, 0.1) is 0 Å². The molecule has 1 fully saturated rings. The molecule has 0 amide bonds. The maximum atomic E-state index is 12.8. The molecule has 6 heteroatoms. The van der Waals surface area contributed by atoms with Crippen LogP contribution in [0.1, 0.15) is 62.6 Å². The monoisotopic (exact) mass is 343 g/mol. The van der Waals surface area contributed by atoms with Gasteiger partial charge in [0.1, 0.15) is 6.04 Å². The maximum Gasteiger partial charge on any atom is 0.416 e. The Morgan fingerprint density at radius 2 is 1.96 bits per heavy atom. The van der Waals surface area contributed by atoms with Gasteiger partial charge in [-0.15, -0.1) is 0 Å². The zero-order valence-electron chi connectivity index (χ0n) is 13.9. The van der Waals surface area contributed by atoms with Gasteiger partial charge in [0, 0.05) is 6.04 Å². The molecule has 1 aliphatic rings. The topological polar surface area (TPSA) is 40.5 Å². The van der Waals surface area contributed by atoms with Gasteiger partial charge in [0.2, 0.25) is 0 Å². The number of alkyl halides is 3. The molecule has 3 nitrogen and oxygen atoms in total. The van der Waals surface area contributed by atoms with Crippen molar-refractivity contribution in [1.29, 1.82) is 0 Å². The largest absolute Gasteiger partial charge is 0.480 e. The van der Waals surface area contributed by atoms with Gasteiger partial charge in [0.15, 0.2) is 0 Å². The summed E-state index contributed by atoms with van der Waals surface area (Å²) in [5, 5.41) is 9.49. The highest BCUT2D eigenvalue weighted by molar-refractivity contribution is 5.73. The van der Waals surface area contributed by atoms with E-state index in [0.717, 1.165) is 49.8 Å². The summed E-state index contributed by atoms with van der Waals surface area (Å²) in [5.74, 6) is -0.844. The minimum Gasteiger partial charge on any atom is -0.480 e. The number of hydrogen-bond donors (Lipinski definition) is 1. The van der Waals surface area contributed by atoms with E-state index in [4.69, 9.17) is 0 Å². The van der Waals surface area contributed by atoms with E-state index in [-0.39, 0.29) is 6.04 Å². The molecule has 0 aromatic heterocycles. The van der Waals surface area contributed by atoms with Crippen LogP contribution in [0.2, 0.25) is 0 Å². The average molecular weight is 343 g/mol. The number of carbonyl (C=O) groups is 1. The Bertz CT molecular complexity index is 542. The van der Waals surface area contributed by atoms with E-state index in [1.54, 1.807) is 0 Å². The first kappa shape index (κ1) is 18.8. The number of nitrogens with zero attached hydrogens (tertiary/aromatic N) is 1. The predicted molar refractivity (Wildman–Crippen MR) is 85.7 cm³/mol. The van der Waals surface area contributed by atoms with E-state index in [9.17, 15) is 23.1 Å². The molecule has 1 N–H and O–H groups in total. The highest BCUT2D eigenvalue weighted by Gasteiger charge is 2.35.